The lowest BCUT2D eigenvalue weighted by Gasteiger charge is -2.24. The van der Waals surface area contributed by atoms with Crippen LogP contribution in [0.2, 0.25) is 0 Å². The van der Waals surface area contributed by atoms with Crippen molar-refractivity contribution in [2.75, 3.05) is 13.1 Å². The van der Waals surface area contributed by atoms with E-state index < -0.39 is 0 Å². The molecule has 0 radical (unpaired) electrons. The molecule has 0 amide bonds. The molecule has 128 valence electrons. The third kappa shape index (κ3) is 3.28. The Kier molecular flexibility index (Phi) is 4.48. The molecule has 3 aromatic rings. The summed E-state index contributed by atoms with van der Waals surface area (Å²) in [5.74, 6) is 0.207. The molecule has 1 aliphatic heterocycles. The first kappa shape index (κ1) is 15.8. The maximum Gasteiger partial charge on any atom is 0.225 e. The smallest absolute Gasteiger partial charge is 0.225 e. The van der Waals surface area contributed by atoms with Gasteiger partial charge >= 0.3 is 0 Å². The van der Waals surface area contributed by atoms with E-state index in [1.54, 1.807) is 0 Å². The molecule has 25 heavy (non-hydrogen) atoms. The van der Waals surface area contributed by atoms with Gasteiger partial charge in [0.1, 0.15) is 0 Å². The summed E-state index contributed by atoms with van der Waals surface area (Å²) >= 11 is 0. The molecule has 5 nitrogen and oxygen atoms in total. The van der Waals surface area contributed by atoms with Gasteiger partial charge in [0.25, 0.3) is 0 Å². The van der Waals surface area contributed by atoms with Gasteiger partial charge in [-0.25, -0.2) is 0 Å². The van der Waals surface area contributed by atoms with Crippen molar-refractivity contribution in [2.45, 2.75) is 25.9 Å². The monoisotopic (exact) mass is 335 g/mol. The maximum absolute atomic E-state index is 10.8. The fraction of sp³-hybridized carbons (Fsp3) is 0.300. The largest absolute Gasteiger partial charge is 0.493 e. The van der Waals surface area contributed by atoms with Gasteiger partial charge in [-0.1, -0.05) is 36.4 Å². The summed E-state index contributed by atoms with van der Waals surface area (Å²) in [5.41, 5.74) is 2.34. The summed E-state index contributed by atoms with van der Waals surface area (Å²) < 4.78 is 1.98. The van der Waals surface area contributed by atoms with E-state index in [1.165, 1.54) is 24.2 Å². The van der Waals surface area contributed by atoms with Crippen LogP contribution >= 0.6 is 0 Å². The quantitative estimate of drug-likeness (QED) is 0.700. The highest BCUT2D eigenvalue weighted by molar-refractivity contribution is 5.94. The highest BCUT2D eigenvalue weighted by Gasteiger charge is 2.21. The Hall–Kier alpha value is -2.66. The van der Waals surface area contributed by atoms with Crippen LogP contribution in [-0.2, 0) is 6.67 Å². The van der Waals surface area contributed by atoms with Crippen LogP contribution in [0.3, 0.4) is 0 Å². The van der Waals surface area contributed by atoms with Gasteiger partial charge in [-0.2, -0.15) is 5.11 Å². The van der Waals surface area contributed by atoms with Crippen LogP contribution in [0.15, 0.2) is 64.8 Å². The SMILES string of the molecule is Oc1c(N=Nc2ccccc2)c2ccccc2n1C[NH+]1CCCCC1. The number of likely N-dealkylation sites (tertiary alicyclic amines) is 1. The predicted molar refractivity (Wildman–Crippen MR) is 98.8 cm³/mol. The van der Waals surface area contributed by atoms with E-state index in [4.69, 9.17) is 0 Å². The number of rotatable bonds is 4. The van der Waals surface area contributed by atoms with Gasteiger partial charge in [-0.3, -0.25) is 4.57 Å². The second kappa shape index (κ2) is 7.07. The van der Waals surface area contributed by atoms with Gasteiger partial charge in [0.15, 0.2) is 12.4 Å². The fourth-order valence-corrected chi connectivity index (χ4v) is 3.57. The number of aromatic nitrogens is 1. The summed E-state index contributed by atoms with van der Waals surface area (Å²) in [6.45, 7) is 3.09. The number of hydrogen-bond donors (Lipinski definition) is 2. The molecule has 1 fully saturated rings. The molecule has 2 heterocycles. The minimum Gasteiger partial charge on any atom is -0.493 e. The van der Waals surface area contributed by atoms with Crippen molar-refractivity contribution in [3.8, 4) is 5.88 Å². The zero-order chi connectivity index (χ0) is 17.1. The lowest BCUT2D eigenvalue weighted by Crippen LogP contribution is -3.12. The van der Waals surface area contributed by atoms with Crippen LogP contribution in [0.4, 0.5) is 11.4 Å². The third-order valence-electron chi connectivity index (χ3n) is 4.88. The van der Waals surface area contributed by atoms with Crippen molar-refractivity contribution >= 4 is 22.3 Å². The molecule has 1 aromatic heterocycles. The van der Waals surface area contributed by atoms with E-state index >= 15 is 0 Å². The summed E-state index contributed by atoms with van der Waals surface area (Å²) in [5, 5.41) is 20.4. The molecule has 5 heteroatoms. The van der Waals surface area contributed by atoms with Crippen molar-refractivity contribution in [1.29, 1.82) is 0 Å². The minimum absolute atomic E-state index is 0.207. The van der Waals surface area contributed by atoms with Gasteiger partial charge in [-0.05, 0) is 37.5 Å². The van der Waals surface area contributed by atoms with Crippen molar-refractivity contribution in [3.05, 3.63) is 54.6 Å². The van der Waals surface area contributed by atoms with Crippen molar-refractivity contribution in [2.24, 2.45) is 10.2 Å². The van der Waals surface area contributed by atoms with Crippen LogP contribution in [0.1, 0.15) is 19.3 Å². The van der Waals surface area contributed by atoms with Crippen molar-refractivity contribution in [3.63, 3.8) is 0 Å². The van der Waals surface area contributed by atoms with E-state index in [0.29, 0.717) is 5.69 Å². The number of azo groups is 1. The molecule has 4 rings (SSSR count). The van der Waals surface area contributed by atoms with E-state index in [9.17, 15) is 5.11 Å². The standard InChI is InChI=1S/C20H22N4O/c25-20-19(22-21-16-9-3-1-4-10-16)17-11-5-6-12-18(17)24(20)15-23-13-7-2-8-14-23/h1,3-6,9-12,25H,2,7-8,13-15H2/p+1. The second-order valence-corrected chi connectivity index (χ2v) is 6.62. The molecular formula is C20H23N4O+. The molecule has 0 saturated carbocycles. The van der Waals surface area contributed by atoms with E-state index in [0.717, 1.165) is 36.3 Å². The first-order chi connectivity index (χ1) is 12.3. The number of benzene rings is 2. The Balaban J connectivity index is 1.71. The number of nitrogens with zero attached hydrogens (tertiary/aromatic N) is 3. The Morgan fingerprint density at radius 3 is 2.40 bits per heavy atom. The van der Waals surface area contributed by atoms with E-state index in [-0.39, 0.29) is 5.88 Å². The average molecular weight is 335 g/mol. The van der Waals surface area contributed by atoms with Gasteiger partial charge in [0.2, 0.25) is 5.88 Å². The number of nitrogens with one attached hydrogen (secondary N) is 1. The normalized spacial score (nSPS) is 16.0. The minimum atomic E-state index is 0.207. The number of aromatic hydroxyl groups is 1. The van der Waals surface area contributed by atoms with Crippen molar-refractivity contribution < 1.29 is 10.0 Å². The molecule has 0 atom stereocenters. The highest BCUT2D eigenvalue weighted by atomic mass is 16.3. The van der Waals surface area contributed by atoms with E-state index in [2.05, 4.69) is 10.2 Å². The Morgan fingerprint density at radius 1 is 0.880 bits per heavy atom. The predicted octanol–water partition coefficient (Wildman–Crippen LogP) is 3.79. The maximum atomic E-state index is 10.8. The molecule has 0 aliphatic carbocycles. The number of para-hydroxylation sites is 1. The number of hydrogen-bond acceptors (Lipinski definition) is 3. The summed E-state index contributed by atoms with van der Waals surface area (Å²) in [6.07, 6.45) is 3.84. The molecule has 2 aromatic carbocycles. The van der Waals surface area contributed by atoms with Crippen molar-refractivity contribution in [1.82, 2.24) is 4.57 Å². The third-order valence-corrected chi connectivity index (χ3v) is 4.88. The lowest BCUT2D eigenvalue weighted by atomic mass is 10.1. The molecule has 1 aliphatic rings. The zero-order valence-corrected chi connectivity index (χ0v) is 14.2. The zero-order valence-electron chi connectivity index (χ0n) is 14.2. The Labute approximate surface area is 147 Å². The number of quaternary nitrogens is 1. The van der Waals surface area contributed by atoms with Crippen LogP contribution in [0, 0.1) is 0 Å². The highest BCUT2D eigenvalue weighted by Crippen LogP contribution is 2.38. The molecule has 1 saturated heterocycles. The number of piperidine rings is 1. The molecule has 0 spiro atoms. The van der Waals surface area contributed by atoms with Crippen LogP contribution in [0.5, 0.6) is 5.88 Å². The van der Waals surface area contributed by atoms with Gasteiger partial charge < -0.3 is 10.0 Å². The topological polar surface area (TPSA) is 54.3 Å². The van der Waals surface area contributed by atoms with Gasteiger partial charge in [0.05, 0.1) is 24.3 Å². The Bertz CT molecular complexity index is 879. The molecule has 0 unspecified atom stereocenters. The first-order valence-corrected chi connectivity index (χ1v) is 8.93. The fourth-order valence-electron chi connectivity index (χ4n) is 3.57. The van der Waals surface area contributed by atoms with E-state index in [1.807, 2.05) is 59.2 Å². The van der Waals surface area contributed by atoms with Crippen LogP contribution < -0.4 is 4.90 Å². The molecule has 0 bridgehead atoms. The van der Waals surface area contributed by atoms with Gasteiger partial charge in [0, 0.05) is 5.39 Å². The molecule has 2 N–H and O–H groups in total. The van der Waals surface area contributed by atoms with Gasteiger partial charge in [-0.15, -0.1) is 5.11 Å². The Morgan fingerprint density at radius 2 is 1.60 bits per heavy atom. The number of fused-ring (bicyclic) bond motifs is 1. The molecular weight excluding hydrogens is 312 g/mol. The first-order valence-electron chi connectivity index (χ1n) is 8.93. The van der Waals surface area contributed by atoms with Crippen LogP contribution in [-0.4, -0.2) is 22.8 Å². The summed E-state index contributed by atoms with van der Waals surface area (Å²) in [6, 6.07) is 17.6. The lowest BCUT2D eigenvalue weighted by molar-refractivity contribution is -0.927. The summed E-state index contributed by atoms with van der Waals surface area (Å²) in [4.78, 5) is 1.51. The van der Waals surface area contributed by atoms with Crippen LogP contribution in [0.25, 0.3) is 10.9 Å². The average Bonchev–Trinajstić information content (AvgIpc) is 2.93. The second-order valence-electron chi connectivity index (χ2n) is 6.62. The summed E-state index contributed by atoms with van der Waals surface area (Å²) in [7, 11) is 0.